The van der Waals surface area contributed by atoms with Crippen LogP contribution in [-0.2, 0) is 0 Å². The average Bonchev–Trinajstić information content (AvgIpc) is 2.41. The minimum Gasteiger partial charge on any atom is -0.494 e. The predicted octanol–water partition coefficient (Wildman–Crippen LogP) is 3.22. The van der Waals surface area contributed by atoms with Crippen LogP contribution in [-0.4, -0.2) is 17.9 Å². The van der Waals surface area contributed by atoms with Crippen LogP contribution in [0.15, 0.2) is 41.0 Å². The van der Waals surface area contributed by atoms with Crippen LogP contribution < -0.4 is 4.74 Å². The highest BCUT2D eigenvalue weighted by molar-refractivity contribution is 9.10. The number of halogens is 2. The number of rotatable bonds is 3. The molecule has 1 aromatic carbocycles. The SMILES string of the molecule is COc1cccnc1C(=O)c1ccc(Br)c(F)c1. The summed E-state index contributed by atoms with van der Waals surface area (Å²) in [6.45, 7) is 0. The first-order chi connectivity index (χ1) is 8.63. The van der Waals surface area contributed by atoms with Gasteiger partial charge in [0, 0.05) is 11.8 Å². The summed E-state index contributed by atoms with van der Waals surface area (Å²) in [7, 11) is 1.45. The summed E-state index contributed by atoms with van der Waals surface area (Å²) in [4.78, 5) is 16.1. The zero-order valence-electron chi connectivity index (χ0n) is 9.48. The standard InChI is InChI=1S/C13H9BrFNO2/c1-18-11-3-2-6-16-12(11)13(17)8-4-5-9(14)10(15)7-8/h2-7H,1H3. The van der Waals surface area contributed by atoms with E-state index in [1.807, 2.05) is 0 Å². The van der Waals surface area contributed by atoms with E-state index in [-0.39, 0.29) is 17.0 Å². The smallest absolute Gasteiger partial charge is 0.215 e. The van der Waals surface area contributed by atoms with Crippen LogP contribution in [0.4, 0.5) is 4.39 Å². The number of ether oxygens (including phenoxy) is 1. The molecular weight excluding hydrogens is 301 g/mol. The van der Waals surface area contributed by atoms with Gasteiger partial charge in [0.1, 0.15) is 11.6 Å². The highest BCUT2D eigenvalue weighted by Crippen LogP contribution is 2.21. The fraction of sp³-hybridized carbons (Fsp3) is 0.0769. The van der Waals surface area contributed by atoms with Crippen LogP contribution >= 0.6 is 15.9 Å². The van der Waals surface area contributed by atoms with Crippen molar-refractivity contribution in [1.29, 1.82) is 0 Å². The molecule has 0 N–H and O–H groups in total. The Bertz CT molecular complexity index is 601. The maximum absolute atomic E-state index is 13.4. The molecule has 0 saturated carbocycles. The van der Waals surface area contributed by atoms with E-state index in [0.29, 0.717) is 10.2 Å². The monoisotopic (exact) mass is 309 g/mol. The Hall–Kier alpha value is -1.75. The molecule has 0 aliphatic rings. The third kappa shape index (κ3) is 2.41. The number of nitrogens with zero attached hydrogens (tertiary/aromatic N) is 1. The zero-order chi connectivity index (χ0) is 13.1. The number of aromatic nitrogens is 1. The molecule has 2 rings (SSSR count). The first-order valence-corrected chi connectivity index (χ1v) is 5.91. The van der Waals surface area contributed by atoms with Crippen molar-refractivity contribution in [2.45, 2.75) is 0 Å². The number of pyridine rings is 1. The van der Waals surface area contributed by atoms with Gasteiger partial charge in [0.25, 0.3) is 0 Å². The second-order valence-corrected chi connectivity index (χ2v) is 4.37. The highest BCUT2D eigenvalue weighted by Gasteiger charge is 2.16. The molecule has 1 aromatic heterocycles. The van der Waals surface area contributed by atoms with Crippen LogP contribution in [0.5, 0.6) is 5.75 Å². The minimum atomic E-state index is -0.490. The van der Waals surface area contributed by atoms with Gasteiger partial charge in [0.2, 0.25) is 5.78 Å². The average molecular weight is 310 g/mol. The molecule has 0 amide bonds. The Kier molecular flexibility index (Phi) is 3.72. The van der Waals surface area contributed by atoms with Crippen LogP contribution in [0.1, 0.15) is 16.1 Å². The van der Waals surface area contributed by atoms with Gasteiger partial charge in [-0.3, -0.25) is 4.79 Å². The van der Waals surface area contributed by atoms with E-state index >= 15 is 0 Å². The van der Waals surface area contributed by atoms with Gasteiger partial charge in [-0.2, -0.15) is 0 Å². The molecule has 0 saturated heterocycles. The Labute approximate surface area is 112 Å². The normalized spacial score (nSPS) is 10.2. The number of carbonyl (C=O) groups is 1. The molecule has 0 aliphatic heterocycles. The molecule has 0 radical (unpaired) electrons. The molecule has 1 heterocycles. The lowest BCUT2D eigenvalue weighted by atomic mass is 10.1. The van der Waals surface area contributed by atoms with E-state index in [1.165, 1.54) is 31.5 Å². The molecule has 5 heteroatoms. The summed E-state index contributed by atoms with van der Waals surface area (Å²) in [5.74, 6) is -0.500. The van der Waals surface area contributed by atoms with Gasteiger partial charge in [0.15, 0.2) is 5.69 Å². The van der Waals surface area contributed by atoms with E-state index in [1.54, 1.807) is 12.1 Å². The Morgan fingerprint density at radius 1 is 1.39 bits per heavy atom. The third-order valence-electron chi connectivity index (χ3n) is 2.39. The minimum absolute atomic E-state index is 0.168. The van der Waals surface area contributed by atoms with Crippen LogP contribution in [0.2, 0.25) is 0 Å². The lowest BCUT2D eigenvalue weighted by Gasteiger charge is -2.06. The van der Waals surface area contributed by atoms with Crippen molar-refractivity contribution in [2.75, 3.05) is 7.11 Å². The van der Waals surface area contributed by atoms with Gasteiger partial charge in [-0.15, -0.1) is 0 Å². The Balaban J connectivity index is 2.44. The molecule has 2 aromatic rings. The number of methoxy groups -OCH3 is 1. The summed E-state index contributed by atoms with van der Waals surface area (Å²) in [6.07, 6.45) is 1.49. The van der Waals surface area contributed by atoms with E-state index < -0.39 is 5.82 Å². The van der Waals surface area contributed by atoms with Gasteiger partial charge in [-0.1, -0.05) is 0 Å². The van der Waals surface area contributed by atoms with E-state index in [4.69, 9.17) is 4.74 Å². The maximum Gasteiger partial charge on any atom is 0.215 e. The van der Waals surface area contributed by atoms with Crippen LogP contribution in [0.3, 0.4) is 0 Å². The van der Waals surface area contributed by atoms with E-state index in [0.717, 1.165) is 0 Å². The largest absolute Gasteiger partial charge is 0.494 e. The summed E-state index contributed by atoms with van der Waals surface area (Å²) in [6, 6.07) is 7.48. The second-order valence-electron chi connectivity index (χ2n) is 3.51. The number of benzene rings is 1. The predicted molar refractivity (Wildman–Crippen MR) is 68.3 cm³/mol. The Morgan fingerprint density at radius 2 is 2.17 bits per heavy atom. The molecule has 0 spiro atoms. The molecule has 0 atom stereocenters. The van der Waals surface area contributed by atoms with Gasteiger partial charge in [0.05, 0.1) is 11.6 Å². The maximum atomic E-state index is 13.4. The van der Waals surface area contributed by atoms with Crippen molar-refractivity contribution >= 4 is 21.7 Å². The van der Waals surface area contributed by atoms with Crippen molar-refractivity contribution in [2.24, 2.45) is 0 Å². The molecule has 18 heavy (non-hydrogen) atoms. The van der Waals surface area contributed by atoms with Gasteiger partial charge in [-0.25, -0.2) is 9.37 Å². The summed E-state index contributed by atoms with van der Waals surface area (Å²) in [5.41, 5.74) is 0.398. The molecule has 0 fully saturated rings. The van der Waals surface area contributed by atoms with Crippen molar-refractivity contribution in [3.63, 3.8) is 0 Å². The van der Waals surface area contributed by atoms with Gasteiger partial charge in [-0.05, 0) is 46.3 Å². The molecule has 0 aliphatic carbocycles. The first kappa shape index (κ1) is 12.7. The summed E-state index contributed by atoms with van der Waals surface area (Å²) >= 11 is 3.04. The van der Waals surface area contributed by atoms with Crippen molar-refractivity contribution in [3.05, 3.63) is 58.1 Å². The summed E-state index contributed by atoms with van der Waals surface area (Å²) < 4.78 is 18.8. The quantitative estimate of drug-likeness (QED) is 0.817. The molecule has 0 unspecified atom stereocenters. The number of hydrogen-bond acceptors (Lipinski definition) is 3. The Morgan fingerprint density at radius 3 is 2.83 bits per heavy atom. The zero-order valence-corrected chi connectivity index (χ0v) is 11.1. The van der Waals surface area contributed by atoms with Crippen LogP contribution in [0.25, 0.3) is 0 Å². The van der Waals surface area contributed by atoms with Gasteiger partial charge < -0.3 is 4.74 Å². The molecule has 92 valence electrons. The molecule has 0 bridgehead atoms. The summed E-state index contributed by atoms with van der Waals surface area (Å²) in [5, 5.41) is 0. The van der Waals surface area contributed by atoms with Crippen molar-refractivity contribution < 1.29 is 13.9 Å². The van der Waals surface area contributed by atoms with Crippen molar-refractivity contribution in [1.82, 2.24) is 4.98 Å². The van der Waals surface area contributed by atoms with E-state index in [2.05, 4.69) is 20.9 Å². The van der Waals surface area contributed by atoms with Gasteiger partial charge >= 0.3 is 0 Å². The van der Waals surface area contributed by atoms with Crippen LogP contribution in [0, 0.1) is 5.82 Å². The number of ketones is 1. The molecular formula is C13H9BrFNO2. The lowest BCUT2D eigenvalue weighted by Crippen LogP contribution is -2.06. The first-order valence-electron chi connectivity index (χ1n) is 5.12. The number of hydrogen-bond donors (Lipinski definition) is 0. The third-order valence-corrected chi connectivity index (χ3v) is 3.03. The second kappa shape index (κ2) is 5.27. The molecule has 3 nitrogen and oxygen atoms in total. The fourth-order valence-electron chi connectivity index (χ4n) is 1.50. The highest BCUT2D eigenvalue weighted by atomic mass is 79.9. The lowest BCUT2D eigenvalue weighted by molar-refractivity contribution is 0.103. The fourth-order valence-corrected chi connectivity index (χ4v) is 1.75. The van der Waals surface area contributed by atoms with E-state index in [9.17, 15) is 9.18 Å². The van der Waals surface area contributed by atoms with Crippen molar-refractivity contribution in [3.8, 4) is 5.75 Å². The topological polar surface area (TPSA) is 39.2 Å². The number of carbonyl (C=O) groups excluding carboxylic acids is 1.